The average molecular weight is 253 g/mol. The van der Waals surface area contributed by atoms with Gasteiger partial charge in [0.25, 0.3) is 0 Å². The Balaban J connectivity index is 1.85. The van der Waals surface area contributed by atoms with E-state index < -0.39 is 0 Å². The lowest BCUT2D eigenvalue weighted by molar-refractivity contribution is 0.330. The Labute approximate surface area is 112 Å². The van der Waals surface area contributed by atoms with Gasteiger partial charge in [0.15, 0.2) is 0 Å². The summed E-state index contributed by atoms with van der Waals surface area (Å²) in [6, 6.07) is 13.5. The van der Waals surface area contributed by atoms with Crippen LogP contribution in [0.3, 0.4) is 0 Å². The van der Waals surface area contributed by atoms with Gasteiger partial charge in [-0.2, -0.15) is 5.26 Å². The summed E-state index contributed by atoms with van der Waals surface area (Å²) < 4.78 is 5.66. The maximum atomic E-state index is 8.93. The molecule has 0 fully saturated rings. The SMILES string of the molecule is Cc1ccccc1OCCNc1ncccc1C#N. The van der Waals surface area contributed by atoms with Crippen molar-refractivity contribution < 1.29 is 4.74 Å². The third-order valence-corrected chi connectivity index (χ3v) is 2.67. The number of aromatic nitrogens is 1. The van der Waals surface area contributed by atoms with Gasteiger partial charge >= 0.3 is 0 Å². The summed E-state index contributed by atoms with van der Waals surface area (Å²) in [5.41, 5.74) is 1.65. The Morgan fingerprint density at radius 2 is 2.11 bits per heavy atom. The van der Waals surface area contributed by atoms with Crippen LogP contribution in [0.4, 0.5) is 5.82 Å². The molecule has 1 aromatic carbocycles. The zero-order valence-corrected chi connectivity index (χ0v) is 10.8. The molecule has 2 aromatic rings. The fourth-order valence-corrected chi connectivity index (χ4v) is 1.69. The van der Waals surface area contributed by atoms with E-state index in [1.807, 2.05) is 31.2 Å². The van der Waals surface area contributed by atoms with Crippen molar-refractivity contribution in [1.29, 1.82) is 5.26 Å². The zero-order valence-electron chi connectivity index (χ0n) is 10.8. The van der Waals surface area contributed by atoms with Gasteiger partial charge in [0.2, 0.25) is 0 Å². The Morgan fingerprint density at radius 3 is 2.89 bits per heavy atom. The van der Waals surface area contributed by atoms with Gasteiger partial charge in [0.1, 0.15) is 24.2 Å². The van der Waals surface area contributed by atoms with Crippen LogP contribution in [-0.2, 0) is 0 Å². The first-order valence-corrected chi connectivity index (χ1v) is 6.08. The third kappa shape index (κ3) is 3.46. The molecule has 0 bridgehead atoms. The molecular formula is C15H15N3O. The largest absolute Gasteiger partial charge is 0.491 e. The van der Waals surface area contributed by atoms with Crippen LogP contribution in [0, 0.1) is 18.3 Å². The van der Waals surface area contributed by atoms with Crippen LogP contribution in [0.1, 0.15) is 11.1 Å². The van der Waals surface area contributed by atoms with Gasteiger partial charge in [0, 0.05) is 6.20 Å². The summed E-state index contributed by atoms with van der Waals surface area (Å²) in [5.74, 6) is 1.48. The van der Waals surface area contributed by atoms with Crippen LogP contribution in [-0.4, -0.2) is 18.1 Å². The van der Waals surface area contributed by atoms with Crippen LogP contribution >= 0.6 is 0 Å². The Hall–Kier alpha value is -2.54. The van der Waals surface area contributed by atoms with E-state index in [-0.39, 0.29) is 0 Å². The highest BCUT2D eigenvalue weighted by atomic mass is 16.5. The molecule has 96 valence electrons. The van der Waals surface area contributed by atoms with Crippen LogP contribution in [0.5, 0.6) is 5.75 Å². The number of nitrogens with one attached hydrogen (secondary N) is 1. The van der Waals surface area contributed by atoms with Crippen LogP contribution in [0.25, 0.3) is 0 Å². The third-order valence-electron chi connectivity index (χ3n) is 2.67. The number of hydrogen-bond donors (Lipinski definition) is 1. The van der Waals surface area contributed by atoms with E-state index in [1.54, 1.807) is 18.3 Å². The van der Waals surface area contributed by atoms with Crippen molar-refractivity contribution in [2.45, 2.75) is 6.92 Å². The molecule has 0 saturated heterocycles. The van der Waals surface area contributed by atoms with Crippen LogP contribution in [0.15, 0.2) is 42.6 Å². The van der Waals surface area contributed by atoms with Gasteiger partial charge in [0.05, 0.1) is 12.1 Å². The van der Waals surface area contributed by atoms with Crippen LogP contribution in [0.2, 0.25) is 0 Å². The monoisotopic (exact) mass is 253 g/mol. The zero-order chi connectivity index (χ0) is 13.5. The number of anilines is 1. The van der Waals surface area contributed by atoms with Crippen molar-refractivity contribution >= 4 is 5.82 Å². The lowest BCUT2D eigenvalue weighted by Crippen LogP contribution is -2.13. The number of para-hydroxylation sites is 1. The predicted molar refractivity (Wildman–Crippen MR) is 74.1 cm³/mol. The van der Waals surface area contributed by atoms with Gasteiger partial charge in [-0.05, 0) is 30.7 Å². The average Bonchev–Trinajstić information content (AvgIpc) is 2.45. The quantitative estimate of drug-likeness (QED) is 0.832. The van der Waals surface area contributed by atoms with E-state index >= 15 is 0 Å². The lowest BCUT2D eigenvalue weighted by atomic mass is 10.2. The minimum absolute atomic E-state index is 0.520. The maximum Gasteiger partial charge on any atom is 0.144 e. The minimum Gasteiger partial charge on any atom is -0.491 e. The van der Waals surface area contributed by atoms with Crippen molar-refractivity contribution in [3.63, 3.8) is 0 Å². The summed E-state index contributed by atoms with van der Waals surface area (Å²) in [6.07, 6.45) is 1.66. The highest BCUT2D eigenvalue weighted by molar-refractivity contribution is 5.51. The second-order valence-corrected chi connectivity index (χ2v) is 4.05. The Kier molecular flexibility index (Phi) is 4.35. The van der Waals surface area contributed by atoms with E-state index in [0.717, 1.165) is 11.3 Å². The number of benzene rings is 1. The number of ether oxygens (including phenoxy) is 1. The molecule has 4 heteroatoms. The van der Waals surface area contributed by atoms with Gasteiger partial charge < -0.3 is 10.1 Å². The van der Waals surface area contributed by atoms with Gasteiger partial charge in [-0.15, -0.1) is 0 Å². The van der Waals surface area contributed by atoms with Crippen molar-refractivity contribution in [1.82, 2.24) is 4.98 Å². The first kappa shape index (κ1) is 12.9. The van der Waals surface area contributed by atoms with Crippen molar-refractivity contribution in [3.05, 3.63) is 53.7 Å². The second kappa shape index (κ2) is 6.41. The number of pyridine rings is 1. The fourth-order valence-electron chi connectivity index (χ4n) is 1.69. The summed E-state index contributed by atoms with van der Waals surface area (Å²) in [7, 11) is 0. The molecule has 0 aliphatic heterocycles. The number of nitriles is 1. The Bertz CT molecular complexity index is 590. The van der Waals surface area contributed by atoms with Crippen molar-refractivity contribution in [2.24, 2.45) is 0 Å². The van der Waals surface area contributed by atoms with E-state index in [4.69, 9.17) is 10.00 Å². The molecule has 4 nitrogen and oxygen atoms in total. The standard InChI is InChI=1S/C15H15N3O/c1-12-5-2-3-7-14(12)19-10-9-18-15-13(11-16)6-4-8-17-15/h2-8H,9-10H2,1H3,(H,17,18). The highest BCUT2D eigenvalue weighted by Crippen LogP contribution is 2.16. The molecule has 0 aliphatic rings. The van der Waals surface area contributed by atoms with E-state index in [0.29, 0.717) is 24.5 Å². The predicted octanol–water partition coefficient (Wildman–Crippen LogP) is 2.75. The summed E-state index contributed by atoms with van der Waals surface area (Å²) in [5, 5.41) is 12.0. The smallest absolute Gasteiger partial charge is 0.144 e. The highest BCUT2D eigenvalue weighted by Gasteiger charge is 2.01. The van der Waals surface area contributed by atoms with Crippen molar-refractivity contribution in [3.8, 4) is 11.8 Å². The first-order chi connectivity index (χ1) is 9.31. The Morgan fingerprint density at radius 1 is 1.26 bits per heavy atom. The topological polar surface area (TPSA) is 57.9 Å². The van der Waals surface area contributed by atoms with E-state index in [1.165, 1.54) is 0 Å². The van der Waals surface area contributed by atoms with Crippen LogP contribution < -0.4 is 10.1 Å². The van der Waals surface area contributed by atoms with E-state index in [9.17, 15) is 0 Å². The number of hydrogen-bond acceptors (Lipinski definition) is 4. The molecule has 1 heterocycles. The normalized spacial score (nSPS) is 9.68. The molecule has 0 aliphatic carbocycles. The molecule has 0 unspecified atom stereocenters. The lowest BCUT2D eigenvalue weighted by Gasteiger charge is -2.10. The summed E-state index contributed by atoms with van der Waals surface area (Å²) in [4.78, 5) is 4.12. The molecule has 1 aromatic heterocycles. The minimum atomic E-state index is 0.520. The van der Waals surface area contributed by atoms with Gasteiger partial charge in [-0.25, -0.2) is 4.98 Å². The van der Waals surface area contributed by atoms with Crippen molar-refractivity contribution in [2.75, 3.05) is 18.5 Å². The maximum absolute atomic E-state index is 8.93. The number of aryl methyl sites for hydroxylation is 1. The molecule has 19 heavy (non-hydrogen) atoms. The molecule has 0 spiro atoms. The first-order valence-electron chi connectivity index (χ1n) is 6.08. The van der Waals surface area contributed by atoms with E-state index in [2.05, 4.69) is 16.4 Å². The molecule has 0 atom stereocenters. The number of nitrogens with zero attached hydrogens (tertiary/aromatic N) is 2. The number of rotatable bonds is 5. The second-order valence-electron chi connectivity index (χ2n) is 4.05. The molecule has 0 amide bonds. The summed E-state index contributed by atoms with van der Waals surface area (Å²) in [6.45, 7) is 3.13. The van der Waals surface area contributed by atoms with Gasteiger partial charge in [-0.1, -0.05) is 18.2 Å². The molecule has 2 rings (SSSR count). The fraction of sp³-hybridized carbons (Fsp3) is 0.200. The molecule has 0 radical (unpaired) electrons. The molecule has 1 N–H and O–H groups in total. The molecule has 0 saturated carbocycles. The molecular weight excluding hydrogens is 238 g/mol. The summed E-state index contributed by atoms with van der Waals surface area (Å²) >= 11 is 0. The van der Waals surface area contributed by atoms with Gasteiger partial charge in [-0.3, -0.25) is 0 Å².